The molecule has 1 unspecified atom stereocenters. The lowest BCUT2D eigenvalue weighted by molar-refractivity contribution is 2.11. The van der Waals surface area contributed by atoms with E-state index in [1.54, 1.807) is 0 Å². The summed E-state index contributed by atoms with van der Waals surface area (Å²) in [7, 11) is 5.81. The first kappa shape index (κ1) is 5.56. The van der Waals surface area contributed by atoms with Gasteiger partial charge in [0.15, 0.2) is 6.43 Å². The molecule has 1 atom stereocenters. The fraction of sp³-hybridized carbons (Fsp3) is 1.00. The van der Waals surface area contributed by atoms with Crippen LogP contribution in [0.4, 0.5) is 0 Å². The molecule has 0 aliphatic heterocycles. The summed E-state index contributed by atoms with van der Waals surface area (Å²) >= 11 is 0. The molecular weight excluding hydrogens is 76.6 g/mol. The summed E-state index contributed by atoms with van der Waals surface area (Å²) in [6.45, 7) is 4.22. The Bertz CT molecular complexity index is 21.6. The van der Waals surface area contributed by atoms with Crippen LogP contribution in [0, 0.1) is 0 Å². The van der Waals surface area contributed by atoms with Gasteiger partial charge in [0.25, 0.3) is 0 Å². The zero-order valence-electron chi connectivity index (χ0n) is 3.65. The van der Waals surface area contributed by atoms with Gasteiger partial charge in [-0.25, -0.2) is 8.34 Å². The van der Waals surface area contributed by atoms with Crippen molar-refractivity contribution in [1.82, 2.24) is 0 Å². The van der Waals surface area contributed by atoms with Crippen LogP contribution in [0.1, 0.15) is 0 Å². The lowest BCUT2D eigenvalue weighted by Gasteiger charge is -1.85. The predicted molar refractivity (Wildman–Crippen MR) is 31.6 cm³/mol. The van der Waals surface area contributed by atoms with Crippen molar-refractivity contribution in [2.24, 2.45) is 0 Å². The Morgan fingerprint density at radius 3 is 1.80 bits per heavy atom. The number of hydrogen-bond donors (Lipinski definition) is 0. The smallest absolute Gasteiger partial charge is 0.150 e. The van der Waals surface area contributed by atoms with Gasteiger partial charge >= 0.3 is 0 Å². The lowest BCUT2D eigenvalue weighted by Crippen LogP contribution is -1.84. The number of rotatable bonds is 1. The van der Waals surface area contributed by atoms with Crippen molar-refractivity contribution in [3.63, 3.8) is 0 Å². The molecule has 0 fully saturated rings. The highest BCUT2D eigenvalue weighted by molar-refractivity contribution is 7.94. The van der Waals surface area contributed by atoms with Crippen LogP contribution >= 0.6 is 8.34 Å². The molecule has 0 rings (SSSR count). The van der Waals surface area contributed by atoms with E-state index in [1.807, 2.05) is 0 Å². The van der Waals surface area contributed by atoms with Crippen molar-refractivity contribution in [2.45, 2.75) is 13.6 Å². The minimum atomic E-state index is 0.614. The van der Waals surface area contributed by atoms with Gasteiger partial charge in [-0.2, -0.15) is 0 Å². The van der Waals surface area contributed by atoms with Crippen LogP contribution in [-0.4, -0.2) is 14.0 Å². The third kappa shape index (κ3) is 4.56. The molecule has 0 amide bonds. The van der Waals surface area contributed by atoms with Crippen LogP contribution in [0.3, 0.4) is 0 Å². The quantitative estimate of drug-likeness (QED) is 0.328. The highest BCUT2D eigenvalue weighted by Crippen LogP contribution is 2.04. The molecule has 0 N–H and O–H groups in total. The third-order valence-electron chi connectivity index (χ3n) is 0.333. The maximum Gasteiger partial charge on any atom is 0.150 e. The van der Waals surface area contributed by atoms with Gasteiger partial charge in [0.1, 0.15) is 0 Å². The van der Waals surface area contributed by atoms with E-state index < -0.39 is 0 Å². The molecule has 3 heteroatoms. The Labute approximate surface area is 36.9 Å². The van der Waals surface area contributed by atoms with Gasteiger partial charge in [-0.3, -0.25) is 0 Å². The van der Waals surface area contributed by atoms with Gasteiger partial charge in [0.2, 0.25) is 0 Å². The fourth-order valence-electron chi connectivity index (χ4n) is 0. The molecular formula is C2H7B2P. The Balaban J connectivity index is 2.54. The zero-order chi connectivity index (χ0) is 4.28. The Morgan fingerprint density at radius 2 is 1.80 bits per heavy atom. The van der Waals surface area contributed by atoms with Crippen LogP contribution in [0.15, 0.2) is 0 Å². The van der Waals surface area contributed by atoms with E-state index in [9.17, 15) is 0 Å². The van der Waals surface area contributed by atoms with E-state index >= 15 is 0 Å². The monoisotopic (exact) mass is 84.0 g/mol. The summed E-state index contributed by atoms with van der Waals surface area (Å²) in [5.74, 6) is 0. The van der Waals surface area contributed by atoms with E-state index in [1.165, 1.54) is 0 Å². The lowest BCUT2D eigenvalue weighted by atomic mass is 9.84. The molecule has 0 heterocycles. The topological polar surface area (TPSA) is 0 Å². The maximum atomic E-state index is 5.20. The van der Waals surface area contributed by atoms with Crippen LogP contribution in [0.5, 0.6) is 0 Å². The second-order valence-corrected chi connectivity index (χ2v) is 2.81. The van der Waals surface area contributed by atoms with Crippen molar-refractivity contribution < 1.29 is 0 Å². The highest BCUT2D eigenvalue weighted by Gasteiger charge is 1.86. The largest absolute Gasteiger partial charge is 0.203 e. The molecule has 0 spiro atoms. The predicted octanol–water partition coefficient (Wildman–Crippen LogP) is 0.999. The fourth-order valence-corrected chi connectivity index (χ4v) is 0. The molecule has 0 nitrogen and oxygen atoms in total. The van der Waals surface area contributed by atoms with Gasteiger partial charge in [0, 0.05) is 0 Å². The normalized spacial score (nSPS) is 10.0. The van der Waals surface area contributed by atoms with E-state index in [0.29, 0.717) is 14.8 Å². The zero-order valence-corrected chi connectivity index (χ0v) is 4.65. The average molecular weight is 83.7 g/mol. The summed E-state index contributed by atoms with van der Waals surface area (Å²) in [5, 5.41) is 0. The third-order valence-corrected chi connectivity index (χ3v) is 1.00. The first-order valence-electron chi connectivity index (χ1n) is 1.73. The second kappa shape index (κ2) is 2.78. The van der Waals surface area contributed by atoms with Crippen molar-refractivity contribution >= 4 is 22.3 Å². The van der Waals surface area contributed by atoms with E-state index in [4.69, 9.17) is 7.57 Å². The number of hydrogen-bond acceptors (Lipinski definition) is 0. The summed E-state index contributed by atoms with van der Waals surface area (Å²) in [5.41, 5.74) is 0. The van der Waals surface area contributed by atoms with Gasteiger partial charge in [0.05, 0.1) is 7.57 Å². The molecule has 0 aromatic rings. The second-order valence-electron chi connectivity index (χ2n) is 1.32. The maximum absolute atomic E-state index is 5.20. The summed E-state index contributed by atoms with van der Waals surface area (Å²) < 4.78 is 0. The van der Waals surface area contributed by atoms with Crippen molar-refractivity contribution in [2.75, 3.05) is 0 Å². The minimum absolute atomic E-state index is 0.614. The minimum Gasteiger partial charge on any atom is -0.203 e. The van der Waals surface area contributed by atoms with Crippen LogP contribution < -0.4 is 0 Å². The average Bonchev–Trinajstić information content (AvgIpc) is 1.38. The molecule has 0 aliphatic rings. The summed E-state index contributed by atoms with van der Waals surface area (Å²) in [4.78, 5) is 0. The van der Waals surface area contributed by atoms with Gasteiger partial charge in [-0.15, -0.1) is 0 Å². The Morgan fingerprint density at radius 1 is 1.60 bits per heavy atom. The van der Waals surface area contributed by atoms with Gasteiger partial charge < -0.3 is 0 Å². The van der Waals surface area contributed by atoms with Crippen LogP contribution in [-0.2, 0) is 0 Å². The Kier molecular flexibility index (Phi) is 3.09. The van der Waals surface area contributed by atoms with Crippen LogP contribution in [0.2, 0.25) is 13.6 Å². The first-order valence-corrected chi connectivity index (χ1v) is 2.89. The molecule has 26 valence electrons. The SMILES string of the molecule is [B]PB(C)C. The molecule has 0 aliphatic carbocycles. The molecule has 0 bridgehead atoms. The Hall–Kier alpha value is 0.560. The van der Waals surface area contributed by atoms with Crippen molar-refractivity contribution in [1.29, 1.82) is 0 Å². The molecule has 0 saturated carbocycles. The molecule has 0 aromatic heterocycles. The molecule has 5 heavy (non-hydrogen) atoms. The summed E-state index contributed by atoms with van der Waals surface area (Å²) in [6, 6.07) is 0. The van der Waals surface area contributed by atoms with Crippen LogP contribution in [0.25, 0.3) is 0 Å². The molecule has 0 aromatic carbocycles. The van der Waals surface area contributed by atoms with E-state index in [2.05, 4.69) is 13.6 Å². The van der Waals surface area contributed by atoms with Crippen molar-refractivity contribution in [3.8, 4) is 0 Å². The first-order chi connectivity index (χ1) is 2.27. The standard InChI is InChI=1S/C2H7B2P/c1-4(2)5-3/h5H,1-2H3. The van der Waals surface area contributed by atoms with E-state index in [-0.39, 0.29) is 0 Å². The van der Waals surface area contributed by atoms with Gasteiger partial charge in [-0.05, 0) is 0 Å². The summed E-state index contributed by atoms with van der Waals surface area (Å²) in [6.07, 6.45) is 0.690. The van der Waals surface area contributed by atoms with Crippen molar-refractivity contribution in [3.05, 3.63) is 0 Å². The van der Waals surface area contributed by atoms with Gasteiger partial charge in [-0.1, -0.05) is 13.6 Å². The molecule has 0 saturated heterocycles. The van der Waals surface area contributed by atoms with E-state index in [0.717, 1.165) is 0 Å². The highest BCUT2D eigenvalue weighted by atomic mass is 31.1. The molecule has 2 radical (unpaired) electrons.